The molecule has 2 heterocycles. The maximum absolute atomic E-state index is 13.6. The Hall–Kier alpha value is -2.95. The van der Waals surface area contributed by atoms with Crippen LogP contribution >= 0.6 is 0 Å². The fourth-order valence-electron chi connectivity index (χ4n) is 3.52. The van der Waals surface area contributed by atoms with Gasteiger partial charge in [-0.15, -0.1) is 0 Å². The molecule has 0 aliphatic heterocycles. The first-order valence-electron chi connectivity index (χ1n) is 7.92. The molecule has 0 bridgehead atoms. The van der Waals surface area contributed by atoms with Gasteiger partial charge in [-0.1, -0.05) is 11.6 Å². The fourth-order valence-corrected chi connectivity index (χ4v) is 3.52. The number of hydrogen-bond donors (Lipinski definition) is 0. The van der Waals surface area contributed by atoms with Crippen molar-refractivity contribution < 1.29 is 8.78 Å². The Kier molecular flexibility index (Phi) is 3.29. The average molecular weight is 338 g/mol. The number of fused-ring (bicyclic) bond motifs is 3. The van der Waals surface area contributed by atoms with Crippen LogP contribution in [0.4, 0.5) is 8.78 Å². The second-order valence-corrected chi connectivity index (χ2v) is 6.40. The van der Waals surface area contributed by atoms with Crippen LogP contribution < -0.4 is 5.56 Å². The Balaban J connectivity index is 2.17. The van der Waals surface area contributed by atoms with Gasteiger partial charge in [0.15, 0.2) is 0 Å². The molecule has 0 atom stereocenters. The van der Waals surface area contributed by atoms with Crippen molar-refractivity contribution in [2.24, 2.45) is 14.1 Å². The van der Waals surface area contributed by atoms with E-state index in [0.717, 1.165) is 33.6 Å². The van der Waals surface area contributed by atoms with Crippen molar-refractivity contribution in [2.45, 2.75) is 6.92 Å². The summed E-state index contributed by atoms with van der Waals surface area (Å²) < 4.78 is 30.7. The molecule has 0 N–H and O–H groups in total. The molecule has 0 fully saturated rings. The molecule has 3 nitrogen and oxygen atoms in total. The summed E-state index contributed by atoms with van der Waals surface area (Å²) in [6, 6.07) is 11.0. The minimum atomic E-state index is -0.703. The van der Waals surface area contributed by atoms with E-state index in [1.54, 1.807) is 13.1 Å². The zero-order chi connectivity index (χ0) is 17.9. The number of pyridine rings is 1. The van der Waals surface area contributed by atoms with Gasteiger partial charge in [0.1, 0.15) is 17.3 Å². The van der Waals surface area contributed by atoms with Gasteiger partial charge in [-0.25, -0.2) is 8.78 Å². The molecule has 4 aromatic rings. The summed E-state index contributed by atoms with van der Waals surface area (Å²) in [5.41, 5.74) is 3.10. The largest absolute Gasteiger partial charge is 0.330 e. The van der Waals surface area contributed by atoms with Crippen LogP contribution in [0.5, 0.6) is 0 Å². The van der Waals surface area contributed by atoms with Crippen LogP contribution in [0.2, 0.25) is 0 Å². The molecule has 5 heteroatoms. The first-order chi connectivity index (χ1) is 11.9. The second kappa shape index (κ2) is 5.28. The van der Waals surface area contributed by atoms with Crippen molar-refractivity contribution >= 4 is 21.9 Å². The number of benzene rings is 2. The topological polar surface area (TPSA) is 26.9 Å². The molecule has 126 valence electrons. The summed E-state index contributed by atoms with van der Waals surface area (Å²) in [5.74, 6) is -1.41. The lowest BCUT2D eigenvalue weighted by atomic mass is 10.0. The van der Waals surface area contributed by atoms with Crippen molar-refractivity contribution in [2.75, 3.05) is 0 Å². The van der Waals surface area contributed by atoms with Gasteiger partial charge < -0.3 is 4.57 Å². The lowest BCUT2D eigenvalue weighted by Gasteiger charge is -2.08. The summed E-state index contributed by atoms with van der Waals surface area (Å²) >= 11 is 0. The molecule has 0 radical (unpaired) electrons. The Labute approximate surface area is 142 Å². The molecule has 0 aliphatic carbocycles. The molecule has 2 aromatic carbocycles. The standard InChI is InChI=1S/C20H16F2N2O/c1-11-4-5-18-16(6-11)17-10-15(12-7-13(21)9-14(22)8-12)20(25)24(3)19(17)23(18)2/h4-10H,1-3H3. The first-order valence-corrected chi connectivity index (χ1v) is 7.92. The summed E-state index contributed by atoms with van der Waals surface area (Å²) in [5, 5.41) is 1.88. The van der Waals surface area contributed by atoms with Crippen molar-refractivity contribution in [1.82, 2.24) is 9.13 Å². The van der Waals surface area contributed by atoms with Crippen LogP contribution in [0.25, 0.3) is 33.1 Å². The quantitative estimate of drug-likeness (QED) is 0.509. The average Bonchev–Trinajstić information content (AvgIpc) is 2.82. The normalized spacial score (nSPS) is 11.6. The van der Waals surface area contributed by atoms with E-state index in [9.17, 15) is 13.6 Å². The molecule has 0 amide bonds. The number of rotatable bonds is 1. The van der Waals surface area contributed by atoms with E-state index in [2.05, 4.69) is 6.07 Å². The zero-order valence-electron chi connectivity index (χ0n) is 14.1. The number of aryl methyl sites for hydroxylation is 3. The minimum absolute atomic E-state index is 0.240. The van der Waals surface area contributed by atoms with E-state index in [0.29, 0.717) is 0 Å². The Morgan fingerprint density at radius 3 is 2.20 bits per heavy atom. The zero-order valence-corrected chi connectivity index (χ0v) is 14.1. The third-order valence-corrected chi connectivity index (χ3v) is 4.68. The van der Waals surface area contributed by atoms with Gasteiger partial charge in [0.2, 0.25) is 0 Å². The van der Waals surface area contributed by atoms with Crippen LogP contribution in [0.3, 0.4) is 0 Å². The van der Waals surface area contributed by atoms with Gasteiger partial charge in [-0.05, 0) is 42.8 Å². The smallest absolute Gasteiger partial charge is 0.259 e. The lowest BCUT2D eigenvalue weighted by Crippen LogP contribution is -2.20. The van der Waals surface area contributed by atoms with Gasteiger partial charge >= 0.3 is 0 Å². The summed E-state index contributed by atoms with van der Waals surface area (Å²) in [4.78, 5) is 12.8. The van der Waals surface area contributed by atoms with E-state index >= 15 is 0 Å². The van der Waals surface area contributed by atoms with E-state index in [1.807, 2.05) is 30.7 Å². The highest BCUT2D eigenvalue weighted by atomic mass is 19.1. The maximum Gasteiger partial charge on any atom is 0.259 e. The van der Waals surface area contributed by atoms with Crippen LogP contribution in [-0.4, -0.2) is 9.13 Å². The molecular formula is C20H16F2N2O. The minimum Gasteiger partial charge on any atom is -0.330 e. The Bertz CT molecular complexity index is 1200. The van der Waals surface area contributed by atoms with Crippen molar-refractivity contribution in [3.05, 3.63) is 70.0 Å². The molecule has 0 saturated heterocycles. The molecule has 25 heavy (non-hydrogen) atoms. The summed E-state index contributed by atoms with van der Waals surface area (Å²) in [6.07, 6.45) is 0. The predicted octanol–water partition coefficient (Wildman–Crippen LogP) is 4.28. The van der Waals surface area contributed by atoms with E-state index in [1.165, 1.54) is 16.7 Å². The van der Waals surface area contributed by atoms with Crippen LogP contribution in [-0.2, 0) is 14.1 Å². The molecule has 0 aliphatic rings. The van der Waals surface area contributed by atoms with Crippen LogP contribution in [0.1, 0.15) is 5.56 Å². The number of hydrogen-bond acceptors (Lipinski definition) is 1. The highest BCUT2D eigenvalue weighted by Gasteiger charge is 2.16. The van der Waals surface area contributed by atoms with E-state index in [4.69, 9.17) is 0 Å². The summed E-state index contributed by atoms with van der Waals surface area (Å²) in [7, 11) is 3.58. The van der Waals surface area contributed by atoms with Crippen molar-refractivity contribution in [1.29, 1.82) is 0 Å². The molecule has 0 unspecified atom stereocenters. The summed E-state index contributed by atoms with van der Waals surface area (Å²) in [6.45, 7) is 2.00. The third kappa shape index (κ3) is 2.27. The number of halogens is 2. The second-order valence-electron chi connectivity index (χ2n) is 6.40. The van der Waals surface area contributed by atoms with Crippen molar-refractivity contribution in [3.8, 4) is 11.1 Å². The van der Waals surface area contributed by atoms with Gasteiger partial charge in [-0.2, -0.15) is 0 Å². The molecular weight excluding hydrogens is 322 g/mol. The Morgan fingerprint density at radius 2 is 1.52 bits per heavy atom. The van der Waals surface area contributed by atoms with E-state index in [-0.39, 0.29) is 16.7 Å². The van der Waals surface area contributed by atoms with Gasteiger partial charge in [-0.3, -0.25) is 9.36 Å². The fraction of sp³-hybridized carbons (Fsp3) is 0.150. The highest BCUT2D eigenvalue weighted by Crippen LogP contribution is 2.30. The monoisotopic (exact) mass is 338 g/mol. The lowest BCUT2D eigenvalue weighted by molar-refractivity contribution is 0.584. The van der Waals surface area contributed by atoms with Gasteiger partial charge in [0.05, 0.1) is 5.52 Å². The SMILES string of the molecule is Cc1ccc2c(c1)c1cc(-c3cc(F)cc(F)c3)c(=O)n(C)c1n2C. The van der Waals surface area contributed by atoms with Crippen LogP contribution in [0, 0.1) is 18.6 Å². The van der Waals surface area contributed by atoms with Crippen LogP contribution in [0.15, 0.2) is 47.3 Å². The first kappa shape index (κ1) is 15.6. The number of aromatic nitrogens is 2. The predicted molar refractivity (Wildman–Crippen MR) is 95.8 cm³/mol. The highest BCUT2D eigenvalue weighted by molar-refractivity contribution is 6.08. The molecule has 4 rings (SSSR count). The van der Waals surface area contributed by atoms with Gasteiger partial charge in [0.25, 0.3) is 5.56 Å². The Morgan fingerprint density at radius 1 is 0.840 bits per heavy atom. The maximum atomic E-state index is 13.6. The number of nitrogens with zero attached hydrogens (tertiary/aromatic N) is 2. The third-order valence-electron chi connectivity index (χ3n) is 4.68. The molecule has 0 saturated carbocycles. The molecule has 2 aromatic heterocycles. The van der Waals surface area contributed by atoms with Crippen molar-refractivity contribution in [3.63, 3.8) is 0 Å². The van der Waals surface area contributed by atoms with Gasteiger partial charge in [0, 0.05) is 36.5 Å². The van der Waals surface area contributed by atoms with E-state index < -0.39 is 11.6 Å². The molecule has 0 spiro atoms.